The summed E-state index contributed by atoms with van der Waals surface area (Å²) in [7, 11) is 0. The van der Waals surface area contributed by atoms with E-state index in [4.69, 9.17) is 0 Å². The van der Waals surface area contributed by atoms with Crippen LogP contribution in [0.15, 0.2) is 66.3 Å². The van der Waals surface area contributed by atoms with Gasteiger partial charge in [0.25, 0.3) is 5.76 Å². The number of carbonyl (C=O) groups excluding carboxylic acids is 1. The Bertz CT molecular complexity index is 1140. The summed E-state index contributed by atoms with van der Waals surface area (Å²) in [4.78, 5) is 20.8. The highest BCUT2D eigenvalue weighted by Gasteiger charge is 2.18. The molecule has 2 aromatic heterocycles. The molecule has 0 aliphatic carbocycles. The molecule has 1 atom stereocenters. The maximum Gasteiger partial charge on any atom is 0.291 e. The fourth-order valence-corrected chi connectivity index (χ4v) is 3.75. The SMILES string of the molecule is CC(NC(=O)Cn1c(SC(F)F)nc2ccccc21)c1ccc(-n2cncn2)cc1. The Morgan fingerprint density at radius 1 is 1.17 bits per heavy atom. The minimum Gasteiger partial charge on any atom is -0.348 e. The Kier molecular flexibility index (Phi) is 5.75. The van der Waals surface area contributed by atoms with Crippen molar-refractivity contribution in [2.45, 2.75) is 30.4 Å². The van der Waals surface area contributed by atoms with Gasteiger partial charge in [-0.25, -0.2) is 14.6 Å². The van der Waals surface area contributed by atoms with Crippen LogP contribution in [0.2, 0.25) is 0 Å². The van der Waals surface area contributed by atoms with E-state index >= 15 is 0 Å². The average molecular weight is 428 g/mol. The summed E-state index contributed by atoms with van der Waals surface area (Å²) in [5.41, 5.74) is 2.98. The summed E-state index contributed by atoms with van der Waals surface area (Å²) >= 11 is 0.333. The van der Waals surface area contributed by atoms with Crippen molar-refractivity contribution in [2.24, 2.45) is 0 Å². The molecule has 30 heavy (non-hydrogen) atoms. The Labute approximate surface area is 175 Å². The van der Waals surface area contributed by atoms with Gasteiger partial charge in [0, 0.05) is 0 Å². The fraction of sp³-hybridized carbons (Fsp3) is 0.200. The number of fused-ring (bicyclic) bond motifs is 1. The predicted molar refractivity (Wildman–Crippen MR) is 110 cm³/mol. The molecule has 4 aromatic rings. The highest BCUT2D eigenvalue weighted by atomic mass is 32.2. The van der Waals surface area contributed by atoms with Crippen molar-refractivity contribution in [3.05, 3.63) is 66.7 Å². The number of alkyl halides is 2. The third-order valence-electron chi connectivity index (χ3n) is 4.57. The molecular formula is C20H18F2N6OS. The Balaban J connectivity index is 1.48. The van der Waals surface area contributed by atoms with Crippen LogP contribution in [-0.4, -0.2) is 36.0 Å². The zero-order valence-electron chi connectivity index (χ0n) is 15.9. The second kappa shape index (κ2) is 8.62. The smallest absolute Gasteiger partial charge is 0.291 e. The molecule has 0 saturated carbocycles. The first-order chi connectivity index (χ1) is 14.5. The molecule has 0 spiro atoms. The summed E-state index contributed by atoms with van der Waals surface area (Å²) < 4.78 is 29.0. The molecule has 0 aliphatic rings. The number of amides is 1. The van der Waals surface area contributed by atoms with Crippen molar-refractivity contribution in [1.29, 1.82) is 0 Å². The normalized spacial score (nSPS) is 12.4. The van der Waals surface area contributed by atoms with Gasteiger partial charge >= 0.3 is 0 Å². The lowest BCUT2D eigenvalue weighted by molar-refractivity contribution is -0.122. The number of benzene rings is 2. The number of rotatable bonds is 7. The van der Waals surface area contributed by atoms with Gasteiger partial charge in [-0.05, 0) is 48.5 Å². The van der Waals surface area contributed by atoms with Crippen molar-refractivity contribution < 1.29 is 13.6 Å². The van der Waals surface area contributed by atoms with Gasteiger partial charge in [0.1, 0.15) is 19.2 Å². The van der Waals surface area contributed by atoms with Crippen LogP contribution in [-0.2, 0) is 11.3 Å². The van der Waals surface area contributed by atoms with Crippen LogP contribution in [0.25, 0.3) is 16.7 Å². The molecule has 0 bridgehead atoms. The summed E-state index contributed by atoms with van der Waals surface area (Å²) in [5, 5.41) is 7.11. The van der Waals surface area contributed by atoms with E-state index in [1.807, 2.05) is 31.2 Å². The Hall–Kier alpha value is -3.27. The van der Waals surface area contributed by atoms with Gasteiger partial charge in [-0.2, -0.15) is 13.9 Å². The Morgan fingerprint density at radius 3 is 2.63 bits per heavy atom. The standard InChI is InChI=1S/C20H18F2N6OS/c1-13(14-6-8-15(9-7-14)28-12-23-11-24-28)25-18(29)10-27-17-5-3-2-4-16(17)26-20(27)30-19(21)22/h2-9,11-13,19H,10H2,1H3,(H,25,29). The number of hydrogen-bond acceptors (Lipinski definition) is 5. The largest absolute Gasteiger partial charge is 0.348 e. The van der Waals surface area contributed by atoms with Gasteiger partial charge in [-0.1, -0.05) is 24.3 Å². The van der Waals surface area contributed by atoms with Gasteiger partial charge in [-0.3, -0.25) is 4.79 Å². The van der Waals surface area contributed by atoms with E-state index < -0.39 is 5.76 Å². The second-order valence-electron chi connectivity index (χ2n) is 6.57. The molecule has 2 aromatic carbocycles. The van der Waals surface area contributed by atoms with Crippen LogP contribution < -0.4 is 5.32 Å². The van der Waals surface area contributed by atoms with Crippen molar-refractivity contribution in [3.8, 4) is 5.69 Å². The van der Waals surface area contributed by atoms with E-state index in [9.17, 15) is 13.6 Å². The van der Waals surface area contributed by atoms with Gasteiger partial charge in [0.2, 0.25) is 5.91 Å². The molecule has 2 heterocycles. The lowest BCUT2D eigenvalue weighted by Gasteiger charge is -2.16. The number of thioether (sulfide) groups is 1. The number of aromatic nitrogens is 5. The molecular weight excluding hydrogens is 410 g/mol. The molecule has 0 fully saturated rings. The maximum absolute atomic E-state index is 12.9. The second-order valence-corrected chi connectivity index (χ2v) is 7.53. The van der Waals surface area contributed by atoms with Crippen molar-refractivity contribution >= 4 is 28.7 Å². The van der Waals surface area contributed by atoms with Gasteiger partial charge in [0.15, 0.2) is 5.16 Å². The maximum atomic E-state index is 12.9. The lowest BCUT2D eigenvalue weighted by Crippen LogP contribution is -2.30. The van der Waals surface area contributed by atoms with E-state index in [1.165, 1.54) is 10.9 Å². The molecule has 0 aliphatic heterocycles. The molecule has 0 radical (unpaired) electrons. The van der Waals surface area contributed by atoms with Crippen LogP contribution in [0.1, 0.15) is 18.5 Å². The van der Waals surface area contributed by atoms with Gasteiger partial charge < -0.3 is 9.88 Å². The molecule has 0 saturated heterocycles. The molecule has 1 unspecified atom stereocenters. The molecule has 1 N–H and O–H groups in total. The number of nitrogens with one attached hydrogen (secondary N) is 1. The van der Waals surface area contributed by atoms with Crippen LogP contribution in [0, 0.1) is 0 Å². The minimum atomic E-state index is -2.62. The van der Waals surface area contributed by atoms with Crippen molar-refractivity contribution in [2.75, 3.05) is 0 Å². The van der Waals surface area contributed by atoms with Gasteiger partial charge in [-0.15, -0.1) is 0 Å². The van der Waals surface area contributed by atoms with E-state index in [0.29, 0.717) is 22.8 Å². The summed E-state index contributed by atoms with van der Waals surface area (Å²) in [6, 6.07) is 14.4. The fourth-order valence-electron chi connectivity index (χ4n) is 3.15. The van der Waals surface area contributed by atoms with Crippen molar-refractivity contribution in [3.63, 3.8) is 0 Å². The van der Waals surface area contributed by atoms with E-state index in [0.717, 1.165) is 11.3 Å². The number of carbonyl (C=O) groups is 1. The van der Waals surface area contributed by atoms with E-state index in [1.54, 1.807) is 35.3 Å². The summed E-state index contributed by atoms with van der Waals surface area (Å²) in [6.45, 7) is 1.76. The molecule has 4 rings (SSSR count). The molecule has 1 amide bonds. The molecule has 154 valence electrons. The third kappa shape index (κ3) is 4.33. The summed E-state index contributed by atoms with van der Waals surface area (Å²) in [6.07, 6.45) is 3.06. The highest BCUT2D eigenvalue weighted by Crippen LogP contribution is 2.28. The first-order valence-electron chi connectivity index (χ1n) is 9.15. The molecule has 10 heteroatoms. The van der Waals surface area contributed by atoms with E-state index in [2.05, 4.69) is 20.4 Å². The zero-order valence-corrected chi connectivity index (χ0v) is 16.8. The summed E-state index contributed by atoms with van der Waals surface area (Å²) in [5.74, 6) is -2.91. The highest BCUT2D eigenvalue weighted by molar-refractivity contribution is 7.99. The van der Waals surface area contributed by atoms with Gasteiger partial charge in [0.05, 0.1) is 22.8 Å². The quantitative estimate of drug-likeness (QED) is 0.453. The molecule has 7 nitrogen and oxygen atoms in total. The Morgan fingerprint density at radius 2 is 1.93 bits per heavy atom. The number of halogens is 2. The zero-order chi connectivity index (χ0) is 21.1. The predicted octanol–water partition coefficient (Wildman–Crippen LogP) is 3.81. The number of imidazole rings is 1. The number of para-hydroxylation sites is 2. The topological polar surface area (TPSA) is 77.6 Å². The first-order valence-corrected chi connectivity index (χ1v) is 10.0. The minimum absolute atomic E-state index is 0.100. The van der Waals surface area contributed by atoms with Crippen LogP contribution >= 0.6 is 11.8 Å². The van der Waals surface area contributed by atoms with Crippen molar-refractivity contribution in [1.82, 2.24) is 29.6 Å². The van der Waals surface area contributed by atoms with Crippen LogP contribution in [0.4, 0.5) is 8.78 Å². The van der Waals surface area contributed by atoms with Crippen LogP contribution in [0.3, 0.4) is 0 Å². The van der Waals surface area contributed by atoms with Crippen LogP contribution in [0.5, 0.6) is 0 Å². The first kappa shape index (κ1) is 20.0. The third-order valence-corrected chi connectivity index (χ3v) is 5.27. The lowest BCUT2D eigenvalue weighted by atomic mass is 10.1. The number of nitrogens with zero attached hydrogens (tertiary/aromatic N) is 5. The average Bonchev–Trinajstić information content (AvgIpc) is 3.37. The van der Waals surface area contributed by atoms with E-state index in [-0.39, 0.29) is 23.7 Å². The number of hydrogen-bond donors (Lipinski definition) is 1. The monoisotopic (exact) mass is 428 g/mol.